The topological polar surface area (TPSA) is 89.8 Å². The minimum Gasteiger partial charge on any atom is -0.394 e. The van der Waals surface area contributed by atoms with Crippen molar-refractivity contribution in [1.82, 2.24) is 5.32 Å². The molecule has 4 N–H and O–H groups in total. The average molecular weight is 644 g/mol. The minimum atomic E-state index is -0.964. The number of aliphatic hydroxyl groups excluding tert-OH is 3. The zero-order chi connectivity index (χ0) is 33.8. The summed E-state index contributed by atoms with van der Waals surface area (Å²) in [6.07, 6.45) is 46.2. The van der Waals surface area contributed by atoms with E-state index in [2.05, 4.69) is 67.8 Å². The van der Waals surface area contributed by atoms with Crippen LogP contribution in [0, 0.1) is 0 Å². The van der Waals surface area contributed by atoms with Gasteiger partial charge in [0.15, 0.2) is 0 Å². The maximum Gasteiger partial charge on any atom is 0.222 e. The Bertz CT molecular complexity index is 800. The van der Waals surface area contributed by atoms with E-state index in [1.54, 1.807) is 6.08 Å². The minimum absolute atomic E-state index is 0.0101. The lowest BCUT2D eigenvalue weighted by atomic mass is 10.0. The largest absolute Gasteiger partial charge is 0.394 e. The van der Waals surface area contributed by atoms with Crippen molar-refractivity contribution in [3.05, 3.63) is 60.8 Å². The molecule has 0 aliphatic heterocycles. The number of carbonyl (C=O) groups excluding carboxylic acids is 1. The summed E-state index contributed by atoms with van der Waals surface area (Å²) in [4.78, 5) is 12.4. The second-order valence-electron chi connectivity index (χ2n) is 12.8. The predicted molar refractivity (Wildman–Crippen MR) is 199 cm³/mol. The predicted octanol–water partition coefficient (Wildman–Crippen LogP) is 10.4. The Morgan fingerprint density at radius 1 is 0.565 bits per heavy atom. The van der Waals surface area contributed by atoms with E-state index in [1.165, 1.54) is 83.5 Å². The first kappa shape index (κ1) is 44.0. The van der Waals surface area contributed by atoms with Gasteiger partial charge in [0.2, 0.25) is 5.91 Å². The number of rotatable bonds is 33. The quantitative estimate of drug-likeness (QED) is 0.0423. The normalized spacial score (nSPS) is 14.5. The highest BCUT2D eigenvalue weighted by Gasteiger charge is 2.20. The van der Waals surface area contributed by atoms with Crippen molar-refractivity contribution in [2.45, 2.75) is 186 Å². The highest BCUT2D eigenvalue weighted by atomic mass is 16.3. The van der Waals surface area contributed by atoms with Crippen molar-refractivity contribution in [3.63, 3.8) is 0 Å². The van der Waals surface area contributed by atoms with Gasteiger partial charge in [-0.3, -0.25) is 4.79 Å². The van der Waals surface area contributed by atoms with Gasteiger partial charge in [-0.05, 0) is 77.0 Å². The molecule has 0 fully saturated rings. The van der Waals surface area contributed by atoms with Crippen LogP contribution in [-0.2, 0) is 4.79 Å². The van der Waals surface area contributed by atoms with E-state index in [0.717, 1.165) is 57.8 Å². The van der Waals surface area contributed by atoms with E-state index in [9.17, 15) is 20.1 Å². The Morgan fingerprint density at radius 3 is 1.57 bits per heavy atom. The first-order valence-electron chi connectivity index (χ1n) is 19.1. The van der Waals surface area contributed by atoms with Crippen molar-refractivity contribution < 1.29 is 20.1 Å². The first-order valence-corrected chi connectivity index (χ1v) is 19.1. The van der Waals surface area contributed by atoms with Crippen LogP contribution < -0.4 is 5.32 Å². The van der Waals surface area contributed by atoms with Gasteiger partial charge in [-0.15, -0.1) is 0 Å². The van der Waals surface area contributed by atoms with E-state index in [-0.39, 0.29) is 18.9 Å². The maximum absolute atomic E-state index is 12.4. The van der Waals surface area contributed by atoms with Gasteiger partial charge < -0.3 is 20.6 Å². The molecule has 0 aromatic carbocycles. The van der Waals surface area contributed by atoms with Gasteiger partial charge in [0.05, 0.1) is 31.3 Å². The first-order chi connectivity index (χ1) is 22.5. The van der Waals surface area contributed by atoms with Gasteiger partial charge in [-0.2, -0.15) is 0 Å². The van der Waals surface area contributed by atoms with Crippen molar-refractivity contribution in [2.24, 2.45) is 0 Å². The van der Waals surface area contributed by atoms with Crippen LogP contribution >= 0.6 is 0 Å². The molecule has 0 saturated heterocycles. The fraction of sp³-hybridized carbons (Fsp3) is 0.732. The van der Waals surface area contributed by atoms with Crippen molar-refractivity contribution in [3.8, 4) is 0 Å². The second-order valence-corrected chi connectivity index (χ2v) is 12.8. The summed E-state index contributed by atoms with van der Waals surface area (Å²) in [7, 11) is 0. The van der Waals surface area contributed by atoms with Crippen LogP contribution in [0.5, 0.6) is 0 Å². The highest BCUT2D eigenvalue weighted by Crippen LogP contribution is 2.12. The summed E-state index contributed by atoms with van der Waals surface area (Å²) in [5, 5.41) is 33.0. The standard InChI is InChI=1S/C41H73NO4/c1-3-5-7-9-11-13-15-17-19-21-23-25-27-29-31-33-35-40(45)39(37-43)42-41(46)36-38(44)34-32-30-28-26-24-22-20-18-16-14-12-10-8-6-4-2/h12,14,17-20,25,27,33,35,38-40,43-45H,3-11,13,15-16,21-24,26,28-32,34,36-37H2,1-2H3,(H,42,46)/b14-12-,19-17+,20-18-,27-25+,35-33+. The van der Waals surface area contributed by atoms with Crippen LogP contribution in [0.3, 0.4) is 0 Å². The number of hydrogen-bond donors (Lipinski definition) is 4. The molecule has 0 aliphatic rings. The molecular formula is C41H73NO4. The summed E-state index contributed by atoms with van der Waals surface area (Å²) >= 11 is 0. The van der Waals surface area contributed by atoms with Crippen molar-refractivity contribution >= 4 is 5.91 Å². The summed E-state index contributed by atoms with van der Waals surface area (Å²) < 4.78 is 0. The van der Waals surface area contributed by atoms with Gasteiger partial charge in [-0.1, -0.05) is 145 Å². The molecule has 0 rings (SSSR count). The summed E-state index contributed by atoms with van der Waals surface area (Å²) in [5.41, 5.74) is 0. The maximum atomic E-state index is 12.4. The van der Waals surface area contributed by atoms with Crippen LogP contribution in [0.25, 0.3) is 0 Å². The van der Waals surface area contributed by atoms with Gasteiger partial charge in [-0.25, -0.2) is 0 Å². The zero-order valence-electron chi connectivity index (χ0n) is 29.9. The lowest BCUT2D eigenvalue weighted by Crippen LogP contribution is -2.45. The second kappa shape index (κ2) is 35.9. The highest BCUT2D eigenvalue weighted by molar-refractivity contribution is 5.76. The molecule has 266 valence electrons. The van der Waals surface area contributed by atoms with E-state index in [4.69, 9.17) is 0 Å². The lowest BCUT2D eigenvalue weighted by Gasteiger charge is -2.20. The molecule has 0 bridgehead atoms. The fourth-order valence-corrected chi connectivity index (χ4v) is 5.28. The molecule has 46 heavy (non-hydrogen) atoms. The van der Waals surface area contributed by atoms with Crippen molar-refractivity contribution in [2.75, 3.05) is 6.61 Å². The van der Waals surface area contributed by atoms with Crippen LogP contribution in [-0.4, -0.2) is 46.1 Å². The van der Waals surface area contributed by atoms with Crippen molar-refractivity contribution in [1.29, 1.82) is 0 Å². The molecule has 3 unspecified atom stereocenters. The van der Waals surface area contributed by atoms with Gasteiger partial charge >= 0.3 is 0 Å². The number of carbonyl (C=O) groups is 1. The molecular weight excluding hydrogens is 570 g/mol. The summed E-state index contributed by atoms with van der Waals surface area (Å²) in [6.45, 7) is 4.13. The number of nitrogens with one attached hydrogen (secondary N) is 1. The molecule has 0 heterocycles. The average Bonchev–Trinajstić information content (AvgIpc) is 3.05. The third kappa shape index (κ3) is 32.0. The van der Waals surface area contributed by atoms with Gasteiger partial charge in [0.25, 0.3) is 0 Å². The summed E-state index contributed by atoms with van der Waals surface area (Å²) in [5.74, 6) is -0.342. The van der Waals surface area contributed by atoms with E-state index < -0.39 is 18.2 Å². The Morgan fingerprint density at radius 2 is 1.00 bits per heavy atom. The van der Waals surface area contributed by atoms with Crippen LogP contribution in [0.15, 0.2) is 60.8 Å². The Hall–Kier alpha value is -1.95. The molecule has 3 atom stereocenters. The third-order valence-corrected chi connectivity index (χ3v) is 8.26. The Kier molecular flexibility index (Phi) is 34.4. The van der Waals surface area contributed by atoms with Gasteiger partial charge in [0, 0.05) is 0 Å². The van der Waals surface area contributed by atoms with E-state index >= 15 is 0 Å². The molecule has 0 radical (unpaired) electrons. The van der Waals surface area contributed by atoms with Crippen LogP contribution in [0.4, 0.5) is 0 Å². The van der Waals surface area contributed by atoms with Gasteiger partial charge in [0.1, 0.15) is 0 Å². The lowest BCUT2D eigenvalue weighted by molar-refractivity contribution is -0.124. The monoisotopic (exact) mass is 644 g/mol. The molecule has 5 heteroatoms. The molecule has 1 amide bonds. The number of allylic oxidation sites excluding steroid dienone is 9. The number of amides is 1. The Balaban J connectivity index is 3.85. The molecule has 0 saturated carbocycles. The molecule has 0 aliphatic carbocycles. The number of hydrogen-bond acceptors (Lipinski definition) is 4. The Labute approximate surface area is 284 Å². The zero-order valence-corrected chi connectivity index (χ0v) is 29.9. The van der Waals surface area contributed by atoms with E-state index in [0.29, 0.717) is 6.42 Å². The smallest absolute Gasteiger partial charge is 0.222 e. The fourth-order valence-electron chi connectivity index (χ4n) is 5.28. The molecule has 0 spiro atoms. The van der Waals surface area contributed by atoms with Crippen LogP contribution in [0.2, 0.25) is 0 Å². The molecule has 5 nitrogen and oxygen atoms in total. The number of unbranched alkanes of at least 4 members (excludes halogenated alkanes) is 16. The molecule has 0 aromatic rings. The molecule has 0 aromatic heterocycles. The number of aliphatic hydroxyl groups is 3. The van der Waals surface area contributed by atoms with Crippen LogP contribution in [0.1, 0.15) is 168 Å². The van der Waals surface area contributed by atoms with E-state index in [1.807, 2.05) is 6.08 Å². The SMILES string of the molecule is CCCCC/C=C\C/C=C\CCCCCCCC(O)CC(=O)NC(CO)C(O)/C=C/CC/C=C/CC/C=C/CCCCCCCC. The summed E-state index contributed by atoms with van der Waals surface area (Å²) in [6, 6.07) is -0.773. The third-order valence-electron chi connectivity index (χ3n) is 8.26.